The maximum Gasteiger partial charge on any atom is 0.167 e. The molecule has 1 rings (SSSR count). The number of aliphatic hydroxyl groups excluding tert-OH is 2. The summed E-state index contributed by atoms with van der Waals surface area (Å²) in [6.45, 7) is -0.438. The Bertz CT molecular complexity index is 374. The van der Waals surface area contributed by atoms with Gasteiger partial charge in [-0.25, -0.2) is 8.78 Å². The summed E-state index contributed by atoms with van der Waals surface area (Å²) < 4.78 is 31.5. The third-order valence-corrected chi connectivity index (χ3v) is 2.30. The Labute approximate surface area is 97.8 Å². The average molecular weight is 247 g/mol. The zero-order chi connectivity index (χ0) is 12.8. The zero-order valence-corrected chi connectivity index (χ0v) is 9.41. The number of methoxy groups -OCH3 is 1. The van der Waals surface area contributed by atoms with Crippen molar-refractivity contribution in [2.75, 3.05) is 25.6 Å². The number of rotatable bonds is 6. The van der Waals surface area contributed by atoms with Crippen LogP contribution in [-0.2, 0) is 0 Å². The van der Waals surface area contributed by atoms with Gasteiger partial charge in [0.15, 0.2) is 11.6 Å². The smallest absolute Gasteiger partial charge is 0.167 e. The van der Waals surface area contributed by atoms with Crippen LogP contribution in [0.4, 0.5) is 14.5 Å². The van der Waals surface area contributed by atoms with Crippen molar-refractivity contribution < 1.29 is 23.7 Å². The van der Waals surface area contributed by atoms with E-state index in [0.717, 1.165) is 12.1 Å². The molecule has 0 saturated heterocycles. The summed E-state index contributed by atoms with van der Waals surface area (Å²) in [5, 5.41) is 20.3. The highest BCUT2D eigenvalue weighted by atomic mass is 19.1. The Kier molecular flexibility index (Phi) is 5.11. The van der Waals surface area contributed by atoms with E-state index in [1.54, 1.807) is 0 Å². The van der Waals surface area contributed by atoms with Gasteiger partial charge in [-0.3, -0.25) is 0 Å². The van der Waals surface area contributed by atoms with Crippen LogP contribution in [0.25, 0.3) is 0 Å². The second-order valence-electron chi connectivity index (χ2n) is 3.50. The van der Waals surface area contributed by atoms with Crippen molar-refractivity contribution in [3.8, 4) is 5.75 Å². The lowest BCUT2D eigenvalue weighted by Crippen LogP contribution is -2.25. The van der Waals surface area contributed by atoms with Crippen LogP contribution in [0.3, 0.4) is 0 Å². The molecule has 0 amide bonds. The largest absolute Gasteiger partial charge is 0.494 e. The molecule has 4 nitrogen and oxygen atoms in total. The predicted octanol–water partition coefficient (Wildman–Crippen LogP) is 1.13. The van der Waals surface area contributed by atoms with Crippen LogP contribution in [0.2, 0.25) is 0 Å². The maximum absolute atomic E-state index is 13.5. The molecule has 6 heteroatoms. The fourth-order valence-electron chi connectivity index (χ4n) is 1.38. The van der Waals surface area contributed by atoms with Crippen LogP contribution in [0, 0.1) is 11.6 Å². The molecule has 0 aliphatic heterocycles. The molecular formula is C11H15F2NO3. The van der Waals surface area contributed by atoms with Crippen LogP contribution in [-0.4, -0.2) is 36.6 Å². The summed E-state index contributed by atoms with van der Waals surface area (Å²) >= 11 is 0. The van der Waals surface area contributed by atoms with E-state index >= 15 is 0 Å². The zero-order valence-electron chi connectivity index (χ0n) is 9.41. The average Bonchev–Trinajstić information content (AvgIpc) is 2.32. The van der Waals surface area contributed by atoms with Crippen molar-refractivity contribution in [3.05, 3.63) is 23.8 Å². The first-order valence-corrected chi connectivity index (χ1v) is 5.13. The summed E-state index contributed by atoms with van der Waals surface area (Å²) in [5.74, 6) is -1.56. The fourth-order valence-corrected chi connectivity index (χ4v) is 1.38. The topological polar surface area (TPSA) is 61.7 Å². The van der Waals surface area contributed by atoms with Crippen molar-refractivity contribution in [1.29, 1.82) is 0 Å². The molecular weight excluding hydrogens is 232 g/mol. The van der Waals surface area contributed by atoms with E-state index in [2.05, 4.69) is 10.1 Å². The third kappa shape index (κ3) is 3.54. The van der Waals surface area contributed by atoms with Crippen molar-refractivity contribution in [2.24, 2.45) is 0 Å². The highest BCUT2D eigenvalue weighted by Crippen LogP contribution is 2.25. The number of benzene rings is 1. The minimum Gasteiger partial charge on any atom is -0.494 e. The van der Waals surface area contributed by atoms with Crippen LogP contribution in [0.5, 0.6) is 5.75 Å². The first-order chi connectivity index (χ1) is 8.12. The Hall–Kier alpha value is -1.40. The number of nitrogens with one attached hydrogen (secondary N) is 1. The Balaban J connectivity index is 2.87. The van der Waals surface area contributed by atoms with Crippen LogP contribution >= 0.6 is 0 Å². The highest BCUT2D eigenvalue weighted by Gasteiger charge is 2.13. The van der Waals surface area contributed by atoms with Gasteiger partial charge < -0.3 is 20.3 Å². The number of aliphatic hydroxyl groups is 2. The first kappa shape index (κ1) is 13.7. The Morgan fingerprint density at radius 2 is 2.00 bits per heavy atom. The molecule has 0 radical (unpaired) electrons. The highest BCUT2D eigenvalue weighted by molar-refractivity contribution is 5.49. The lowest BCUT2D eigenvalue weighted by atomic mass is 10.2. The monoisotopic (exact) mass is 247 g/mol. The molecule has 0 spiro atoms. The molecule has 3 N–H and O–H groups in total. The van der Waals surface area contributed by atoms with Gasteiger partial charge in [0.25, 0.3) is 0 Å². The number of ether oxygens (including phenoxy) is 1. The lowest BCUT2D eigenvalue weighted by Gasteiger charge is -2.17. The minimum absolute atomic E-state index is 0.0733. The quantitative estimate of drug-likeness (QED) is 0.705. The fraction of sp³-hybridized carbons (Fsp3) is 0.455. The van der Waals surface area contributed by atoms with Gasteiger partial charge in [-0.15, -0.1) is 0 Å². The maximum atomic E-state index is 13.5. The molecule has 0 aliphatic carbocycles. The van der Waals surface area contributed by atoms with Gasteiger partial charge in [0.2, 0.25) is 0 Å². The summed E-state index contributed by atoms with van der Waals surface area (Å²) in [6.07, 6.45) is 0.240. The molecule has 1 aromatic rings. The van der Waals surface area contributed by atoms with Crippen LogP contribution in [0.15, 0.2) is 12.1 Å². The van der Waals surface area contributed by atoms with Gasteiger partial charge in [-0.05, 0) is 6.42 Å². The second-order valence-corrected chi connectivity index (χ2v) is 3.50. The Morgan fingerprint density at radius 3 is 2.53 bits per heavy atom. The minimum atomic E-state index is -0.697. The van der Waals surface area contributed by atoms with E-state index in [1.807, 2.05) is 0 Å². The molecule has 96 valence electrons. The van der Waals surface area contributed by atoms with Crippen LogP contribution in [0.1, 0.15) is 6.42 Å². The predicted molar refractivity (Wildman–Crippen MR) is 59.1 cm³/mol. The summed E-state index contributed by atoms with van der Waals surface area (Å²) in [4.78, 5) is 0. The normalized spacial score (nSPS) is 12.3. The summed E-state index contributed by atoms with van der Waals surface area (Å²) in [7, 11) is 1.24. The molecule has 1 atom stereocenters. The van der Waals surface area contributed by atoms with E-state index < -0.39 is 17.7 Å². The molecule has 1 aromatic carbocycles. The van der Waals surface area contributed by atoms with Gasteiger partial charge in [-0.1, -0.05) is 0 Å². The van der Waals surface area contributed by atoms with Gasteiger partial charge in [0.1, 0.15) is 5.82 Å². The molecule has 17 heavy (non-hydrogen) atoms. The molecule has 0 fully saturated rings. The number of halogens is 2. The number of hydrogen-bond donors (Lipinski definition) is 3. The summed E-state index contributed by atoms with van der Waals surface area (Å²) in [6, 6.07) is 1.35. The van der Waals surface area contributed by atoms with E-state index in [-0.39, 0.29) is 31.1 Å². The van der Waals surface area contributed by atoms with Crippen molar-refractivity contribution in [2.45, 2.75) is 12.5 Å². The van der Waals surface area contributed by atoms with Crippen molar-refractivity contribution in [1.82, 2.24) is 0 Å². The van der Waals surface area contributed by atoms with Crippen molar-refractivity contribution >= 4 is 5.69 Å². The van der Waals surface area contributed by atoms with E-state index in [9.17, 15) is 8.78 Å². The summed E-state index contributed by atoms with van der Waals surface area (Å²) in [5.41, 5.74) is -0.0733. The molecule has 0 aliphatic rings. The van der Waals surface area contributed by atoms with Gasteiger partial charge in [0, 0.05) is 18.7 Å². The van der Waals surface area contributed by atoms with Crippen LogP contribution < -0.4 is 10.1 Å². The SMILES string of the molecule is COc1cc(F)c(NC(CO)CCO)cc1F. The van der Waals surface area contributed by atoms with E-state index in [4.69, 9.17) is 10.2 Å². The molecule has 0 bridgehead atoms. The Morgan fingerprint density at radius 1 is 1.29 bits per heavy atom. The second kappa shape index (κ2) is 6.36. The molecule has 1 unspecified atom stereocenters. The lowest BCUT2D eigenvalue weighted by molar-refractivity contribution is 0.228. The van der Waals surface area contributed by atoms with Gasteiger partial charge in [0.05, 0.1) is 25.4 Å². The van der Waals surface area contributed by atoms with E-state index in [1.165, 1.54) is 7.11 Å². The van der Waals surface area contributed by atoms with Gasteiger partial charge in [-0.2, -0.15) is 0 Å². The molecule has 0 saturated carbocycles. The number of anilines is 1. The van der Waals surface area contributed by atoms with Gasteiger partial charge >= 0.3 is 0 Å². The molecule has 0 aromatic heterocycles. The number of hydrogen-bond acceptors (Lipinski definition) is 4. The third-order valence-electron chi connectivity index (χ3n) is 2.30. The van der Waals surface area contributed by atoms with Crippen molar-refractivity contribution in [3.63, 3.8) is 0 Å². The standard InChI is InChI=1S/C11H15F2NO3/c1-17-11-5-8(12)10(4-9(11)13)14-7(6-16)2-3-15/h4-5,7,14-16H,2-3,6H2,1H3. The molecule has 0 heterocycles. The van der Waals surface area contributed by atoms with E-state index in [0.29, 0.717) is 0 Å². The first-order valence-electron chi connectivity index (χ1n) is 5.13.